The summed E-state index contributed by atoms with van der Waals surface area (Å²) in [5, 5.41) is 3.07. The van der Waals surface area contributed by atoms with Crippen LogP contribution in [0.25, 0.3) is 0 Å². The number of nitrogens with one attached hydrogen (secondary N) is 1. The van der Waals surface area contributed by atoms with Gasteiger partial charge in [0.1, 0.15) is 0 Å². The Morgan fingerprint density at radius 2 is 2.00 bits per heavy atom. The number of likely N-dealkylation sites (N-methyl/N-ethyl adjacent to an activating group) is 1. The van der Waals surface area contributed by atoms with Gasteiger partial charge in [0, 0.05) is 19.1 Å². The van der Waals surface area contributed by atoms with Crippen molar-refractivity contribution in [2.75, 3.05) is 13.6 Å². The highest BCUT2D eigenvalue weighted by Gasteiger charge is 2.23. The monoisotopic (exact) mass is 298 g/mol. The van der Waals surface area contributed by atoms with Gasteiger partial charge in [0.25, 0.3) is 0 Å². The Balaban J connectivity index is 1.50. The zero-order valence-corrected chi connectivity index (χ0v) is 13.4. The number of fused-ring (bicyclic) bond motifs is 1. The largest absolute Gasteiger partial charge is 0.351 e. The minimum atomic E-state index is 0.0548. The van der Waals surface area contributed by atoms with Crippen LogP contribution < -0.4 is 5.32 Å². The lowest BCUT2D eigenvalue weighted by Gasteiger charge is -2.34. The van der Waals surface area contributed by atoms with Gasteiger partial charge in [0.15, 0.2) is 0 Å². The van der Waals surface area contributed by atoms with E-state index < -0.39 is 0 Å². The zero-order valence-electron chi connectivity index (χ0n) is 13.4. The fourth-order valence-electron chi connectivity index (χ4n) is 3.60. The van der Waals surface area contributed by atoms with Gasteiger partial charge in [0.05, 0.1) is 0 Å². The first-order valence-electron chi connectivity index (χ1n) is 8.45. The van der Waals surface area contributed by atoms with E-state index in [1.165, 1.54) is 36.8 Å². The maximum Gasteiger partial charge on any atom is 0.243 e. The Morgan fingerprint density at radius 1 is 1.27 bits per heavy atom. The Labute approximate surface area is 133 Å². The zero-order chi connectivity index (χ0) is 15.4. The van der Waals surface area contributed by atoms with E-state index in [4.69, 9.17) is 0 Å². The number of benzene rings is 1. The Hall–Kier alpha value is -1.61. The first-order valence-corrected chi connectivity index (χ1v) is 8.45. The number of hydrogen-bond acceptors (Lipinski definition) is 2. The normalized spacial score (nSPS) is 22.9. The van der Waals surface area contributed by atoms with Crippen LogP contribution in [0.1, 0.15) is 36.8 Å². The van der Waals surface area contributed by atoms with Gasteiger partial charge >= 0.3 is 0 Å². The third kappa shape index (κ3) is 3.77. The highest BCUT2D eigenvalue weighted by atomic mass is 16.1. The molecular formula is C19H26N2O. The van der Waals surface area contributed by atoms with Crippen LogP contribution in [-0.4, -0.2) is 30.4 Å². The first kappa shape index (κ1) is 15.3. The van der Waals surface area contributed by atoms with Crippen LogP contribution >= 0.6 is 0 Å². The lowest BCUT2D eigenvalue weighted by atomic mass is 9.94. The molecule has 0 aromatic heterocycles. The minimum Gasteiger partial charge on any atom is -0.351 e. The Kier molecular flexibility index (Phi) is 4.94. The summed E-state index contributed by atoms with van der Waals surface area (Å²) in [5.74, 6) is 0.675. The maximum atomic E-state index is 12.0. The van der Waals surface area contributed by atoms with Crippen LogP contribution in [0.2, 0.25) is 0 Å². The van der Waals surface area contributed by atoms with Gasteiger partial charge in [-0.15, -0.1) is 0 Å². The summed E-state index contributed by atoms with van der Waals surface area (Å²) in [6, 6.07) is 8.99. The third-order valence-electron chi connectivity index (χ3n) is 5.05. The van der Waals surface area contributed by atoms with E-state index in [-0.39, 0.29) is 5.91 Å². The highest BCUT2D eigenvalue weighted by molar-refractivity contribution is 5.87. The predicted octanol–water partition coefficient (Wildman–Crippen LogP) is 2.91. The summed E-state index contributed by atoms with van der Waals surface area (Å²) < 4.78 is 0. The van der Waals surface area contributed by atoms with E-state index in [1.807, 2.05) is 0 Å². The van der Waals surface area contributed by atoms with Gasteiger partial charge < -0.3 is 5.32 Å². The second-order valence-corrected chi connectivity index (χ2v) is 6.69. The van der Waals surface area contributed by atoms with E-state index in [0.29, 0.717) is 12.0 Å². The van der Waals surface area contributed by atoms with Crippen LogP contribution in [0.3, 0.4) is 0 Å². The molecule has 1 heterocycles. The van der Waals surface area contributed by atoms with Gasteiger partial charge in [-0.25, -0.2) is 0 Å². The second-order valence-electron chi connectivity index (χ2n) is 6.69. The van der Waals surface area contributed by atoms with Crippen molar-refractivity contribution in [2.45, 2.75) is 44.7 Å². The fourth-order valence-corrected chi connectivity index (χ4v) is 3.60. The molecule has 0 bridgehead atoms. The predicted molar refractivity (Wildman–Crippen MR) is 89.5 cm³/mol. The number of nitrogens with zero attached hydrogens (tertiary/aromatic N) is 1. The van der Waals surface area contributed by atoms with Crippen molar-refractivity contribution in [3.8, 4) is 0 Å². The number of carbonyl (C=O) groups is 1. The number of amides is 1. The Bertz CT molecular complexity index is 546. The van der Waals surface area contributed by atoms with Gasteiger partial charge in [-0.1, -0.05) is 43.2 Å². The molecule has 3 rings (SSSR count). The number of rotatable bonds is 4. The van der Waals surface area contributed by atoms with Crippen molar-refractivity contribution < 1.29 is 4.79 Å². The summed E-state index contributed by atoms with van der Waals surface area (Å²) in [6.07, 6.45) is 9.96. The van der Waals surface area contributed by atoms with E-state index >= 15 is 0 Å². The average molecular weight is 298 g/mol. The third-order valence-corrected chi connectivity index (χ3v) is 5.05. The number of hydrogen-bond donors (Lipinski definition) is 1. The van der Waals surface area contributed by atoms with Crippen LogP contribution in [0.4, 0.5) is 0 Å². The van der Waals surface area contributed by atoms with Crippen LogP contribution in [0, 0.1) is 5.92 Å². The van der Waals surface area contributed by atoms with E-state index in [1.54, 1.807) is 6.08 Å². The van der Waals surface area contributed by atoms with Crippen LogP contribution in [0.5, 0.6) is 0 Å². The molecule has 0 spiro atoms. The summed E-state index contributed by atoms with van der Waals surface area (Å²) >= 11 is 0. The quantitative estimate of drug-likeness (QED) is 0.867. The summed E-state index contributed by atoms with van der Waals surface area (Å²) in [5.41, 5.74) is 2.83. The van der Waals surface area contributed by atoms with E-state index in [9.17, 15) is 4.79 Å². The topological polar surface area (TPSA) is 32.3 Å². The molecule has 0 radical (unpaired) electrons. The standard InChI is InChI=1S/C19H26N2O/c1-21-14-17-9-5-4-8-16(17)12-18(21)13-20-19(22)11-10-15-6-2-3-7-15/h4-5,8-11,15,18H,2-3,6-7,12-14H2,1H3,(H,20,22)/t18-/m1/s1. The molecule has 3 heteroatoms. The molecule has 1 aromatic rings. The molecule has 1 fully saturated rings. The van der Waals surface area contributed by atoms with Gasteiger partial charge in [-0.05, 0) is 49.4 Å². The van der Waals surface area contributed by atoms with Crippen molar-refractivity contribution in [3.05, 3.63) is 47.5 Å². The average Bonchev–Trinajstić information content (AvgIpc) is 3.04. The van der Waals surface area contributed by atoms with Crippen molar-refractivity contribution in [2.24, 2.45) is 5.92 Å². The summed E-state index contributed by atoms with van der Waals surface area (Å²) in [4.78, 5) is 14.3. The SMILES string of the molecule is CN1Cc2ccccc2C[C@@H]1CNC(=O)C=CC1CCCC1. The molecule has 22 heavy (non-hydrogen) atoms. The smallest absolute Gasteiger partial charge is 0.243 e. The van der Waals surface area contributed by atoms with Crippen molar-refractivity contribution in [3.63, 3.8) is 0 Å². The molecule has 2 aliphatic rings. The van der Waals surface area contributed by atoms with E-state index in [0.717, 1.165) is 19.5 Å². The summed E-state index contributed by atoms with van der Waals surface area (Å²) in [6.45, 7) is 1.69. The lowest BCUT2D eigenvalue weighted by Crippen LogP contribution is -2.45. The van der Waals surface area contributed by atoms with Gasteiger partial charge in [0.2, 0.25) is 5.91 Å². The van der Waals surface area contributed by atoms with Gasteiger partial charge in [-0.3, -0.25) is 9.69 Å². The van der Waals surface area contributed by atoms with E-state index in [2.05, 4.69) is 47.6 Å². The molecule has 1 aliphatic carbocycles. The van der Waals surface area contributed by atoms with Gasteiger partial charge in [-0.2, -0.15) is 0 Å². The van der Waals surface area contributed by atoms with Crippen molar-refractivity contribution in [1.82, 2.24) is 10.2 Å². The van der Waals surface area contributed by atoms with Crippen molar-refractivity contribution in [1.29, 1.82) is 0 Å². The molecule has 1 amide bonds. The molecule has 118 valence electrons. The number of carbonyl (C=O) groups excluding carboxylic acids is 1. The molecule has 1 saturated carbocycles. The van der Waals surface area contributed by atoms with Crippen molar-refractivity contribution >= 4 is 5.91 Å². The molecule has 0 saturated heterocycles. The molecule has 1 N–H and O–H groups in total. The molecule has 1 atom stereocenters. The minimum absolute atomic E-state index is 0.0548. The Morgan fingerprint density at radius 3 is 2.77 bits per heavy atom. The second kappa shape index (κ2) is 7.10. The summed E-state index contributed by atoms with van der Waals surface area (Å²) in [7, 11) is 2.14. The molecular weight excluding hydrogens is 272 g/mol. The number of allylic oxidation sites excluding steroid dienone is 1. The molecule has 0 unspecified atom stereocenters. The van der Waals surface area contributed by atoms with Crippen LogP contribution in [-0.2, 0) is 17.8 Å². The first-order chi connectivity index (χ1) is 10.7. The molecule has 1 aromatic carbocycles. The maximum absolute atomic E-state index is 12.0. The fraction of sp³-hybridized carbons (Fsp3) is 0.526. The van der Waals surface area contributed by atoms with Crippen LogP contribution in [0.15, 0.2) is 36.4 Å². The molecule has 3 nitrogen and oxygen atoms in total. The lowest BCUT2D eigenvalue weighted by molar-refractivity contribution is -0.116. The molecule has 1 aliphatic heterocycles. The highest BCUT2D eigenvalue weighted by Crippen LogP contribution is 2.25.